The lowest BCUT2D eigenvalue weighted by Crippen LogP contribution is -2.01. The predicted octanol–water partition coefficient (Wildman–Crippen LogP) is 3.98. The molecule has 0 amide bonds. The fourth-order valence-electron chi connectivity index (χ4n) is 1.59. The number of carbonyl (C=O) groups excluding carboxylic acids is 1. The first-order valence-electron chi connectivity index (χ1n) is 5.18. The van der Waals surface area contributed by atoms with E-state index in [0.717, 1.165) is 12.8 Å². The number of halogens is 2. The normalized spacial score (nSPS) is 14.9. The van der Waals surface area contributed by atoms with Gasteiger partial charge in [-0.1, -0.05) is 23.2 Å². The third-order valence-electron chi connectivity index (χ3n) is 2.71. The van der Waals surface area contributed by atoms with Crippen molar-refractivity contribution in [1.29, 1.82) is 0 Å². The molecule has 4 heteroatoms. The van der Waals surface area contributed by atoms with Crippen LogP contribution in [0.2, 0.25) is 10.0 Å². The van der Waals surface area contributed by atoms with Crippen molar-refractivity contribution in [1.82, 2.24) is 0 Å². The van der Waals surface area contributed by atoms with Crippen LogP contribution in [0.4, 0.5) is 0 Å². The standard InChI is InChI=1S/C12H12Cl2O2/c1-16-12-6-9(13)8(5-10(12)14)11(15)4-7-2-3-7/h5-7H,2-4H2,1H3. The second-order valence-corrected chi connectivity index (χ2v) is 4.85. The van der Waals surface area contributed by atoms with Gasteiger partial charge in [-0.3, -0.25) is 4.79 Å². The van der Waals surface area contributed by atoms with Crippen molar-refractivity contribution in [3.8, 4) is 5.75 Å². The maximum Gasteiger partial charge on any atom is 0.164 e. The van der Waals surface area contributed by atoms with E-state index in [9.17, 15) is 4.79 Å². The average molecular weight is 259 g/mol. The van der Waals surface area contributed by atoms with Crippen LogP contribution >= 0.6 is 23.2 Å². The van der Waals surface area contributed by atoms with Crippen molar-refractivity contribution in [3.05, 3.63) is 27.7 Å². The molecule has 1 fully saturated rings. The molecule has 0 heterocycles. The number of carbonyl (C=O) groups is 1. The molecule has 1 aliphatic carbocycles. The van der Waals surface area contributed by atoms with Gasteiger partial charge in [0.05, 0.1) is 17.2 Å². The monoisotopic (exact) mass is 258 g/mol. The maximum atomic E-state index is 11.9. The molecule has 86 valence electrons. The Bertz CT molecular complexity index is 425. The lowest BCUT2D eigenvalue weighted by molar-refractivity contribution is 0.0976. The molecule has 16 heavy (non-hydrogen) atoms. The third kappa shape index (κ3) is 2.50. The van der Waals surface area contributed by atoms with E-state index < -0.39 is 0 Å². The molecule has 0 atom stereocenters. The van der Waals surface area contributed by atoms with Gasteiger partial charge in [-0.2, -0.15) is 0 Å². The maximum absolute atomic E-state index is 11.9. The first-order chi connectivity index (χ1) is 7.61. The van der Waals surface area contributed by atoms with E-state index in [1.807, 2.05) is 0 Å². The van der Waals surface area contributed by atoms with E-state index in [1.165, 1.54) is 7.11 Å². The first-order valence-corrected chi connectivity index (χ1v) is 5.93. The quantitative estimate of drug-likeness (QED) is 0.764. The molecule has 0 spiro atoms. The van der Waals surface area contributed by atoms with Crippen LogP contribution in [0.1, 0.15) is 29.6 Å². The summed E-state index contributed by atoms with van der Waals surface area (Å²) < 4.78 is 5.03. The van der Waals surface area contributed by atoms with E-state index in [4.69, 9.17) is 27.9 Å². The third-order valence-corrected chi connectivity index (χ3v) is 3.32. The first kappa shape index (κ1) is 11.7. The molecule has 1 aliphatic rings. The zero-order valence-electron chi connectivity index (χ0n) is 8.93. The minimum Gasteiger partial charge on any atom is -0.495 e. The molecule has 0 aromatic heterocycles. The Morgan fingerprint density at radius 1 is 1.38 bits per heavy atom. The van der Waals surface area contributed by atoms with Gasteiger partial charge in [0.25, 0.3) is 0 Å². The average Bonchev–Trinajstić information content (AvgIpc) is 3.04. The molecule has 0 saturated heterocycles. The number of benzene rings is 1. The van der Waals surface area contributed by atoms with Crippen molar-refractivity contribution in [3.63, 3.8) is 0 Å². The zero-order valence-corrected chi connectivity index (χ0v) is 10.4. The van der Waals surface area contributed by atoms with Crippen molar-refractivity contribution in [2.75, 3.05) is 7.11 Å². The topological polar surface area (TPSA) is 26.3 Å². The number of rotatable bonds is 4. The van der Waals surface area contributed by atoms with Crippen LogP contribution in [0.5, 0.6) is 5.75 Å². The van der Waals surface area contributed by atoms with Gasteiger partial charge < -0.3 is 4.74 Å². The Kier molecular flexibility index (Phi) is 3.41. The lowest BCUT2D eigenvalue weighted by Gasteiger charge is -2.07. The van der Waals surface area contributed by atoms with Crippen LogP contribution in [0.15, 0.2) is 12.1 Å². The highest BCUT2D eigenvalue weighted by Crippen LogP contribution is 2.36. The molecule has 1 aromatic carbocycles. The number of ketones is 1. The smallest absolute Gasteiger partial charge is 0.164 e. The number of hydrogen-bond acceptors (Lipinski definition) is 2. The van der Waals surface area contributed by atoms with Crippen molar-refractivity contribution in [2.45, 2.75) is 19.3 Å². The largest absolute Gasteiger partial charge is 0.495 e. The molecule has 1 aromatic rings. The second-order valence-electron chi connectivity index (χ2n) is 4.04. The van der Waals surface area contributed by atoms with Gasteiger partial charge in [0.2, 0.25) is 0 Å². The molecule has 1 saturated carbocycles. The Hall–Kier alpha value is -0.730. The van der Waals surface area contributed by atoms with E-state index >= 15 is 0 Å². The van der Waals surface area contributed by atoms with Gasteiger partial charge in [-0.05, 0) is 24.8 Å². The highest BCUT2D eigenvalue weighted by atomic mass is 35.5. The summed E-state index contributed by atoms with van der Waals surface area (Å²) in [5.74, 6) is 1.11. The van der Waals surface area contributed by atoms with E-state index in [2.05, 4.69) is 0 Å². The van der Waals surface area contributed by atoms with Crippen molar-refractivity contribution < 1.29 is 9.53 Å². The minimum absolute atomic E-state index is 0.0667. The van der Waals surface area contributed by atoms with Crippen LogP contribution in [0.25, 0.3) is 0 Å². The van der Waals surface area contributed by atoms with Gasteiger partial charge in [-0.25, -0.2) is 0 Å². The number of hydrogen-bond donors (Lipinski definition) is 0. The SMILES string of the molecule is COc1cc(Cl)c(C(=O)CC2CC2)cc1Cl. The van der Waals surface area contributed by atoms with Gasteiger partial charge >= 0.3 is 0 Å². The van der Waals surface area contributed by atoms with E-state index in [1.54, 1.807) is 12.1 Å². The van der Waals surface area contributed by atoms with Crippen molar-refractivity contribution >= 4 is 29.0 Å². The van der Waals surface area contributed by atoms with Gasteiger partial charge in [-0.15, -0.1) is 0 Å². The van der Waals surface area contributed by atoms with Crippen LogP contribution in [0.3, 0.4) is 0 Å². The Balaban J connectivity index is 2.25. The summed E-state index contributed by atoms with van der Waals surface area (Å²) in [4.78, 5) is 11.9. The Labute approximate surface area is 104 Å². The Morgan fingerprint density at radius 2 is 2.06 bits per heavy atom. The van der Waals surface area contributed by atoms with Gasteiger partial charge in [0.15, 0.2) is 5.78 Å². The van der Waals surface area contributed by atoms with Gasteiger partial charge in [0, 0.05) is 18.1 Å². The summed E-state index contributed by atoms with van der Waals surface area (Å²) in [5, 5.41) is 0.831. The van der Waals surface area contributed by atoms with E-state index in [-0.39, 0.29) is 5.78 Å². The fraction of sp³-hybridized carbons (Fsp3) is 0.417. The summed E-state index contributed by atoms with van der Waals surface area (Å²) >= 11 is 12.0. The summed E-state index contributed by atoms with van der Waals surface area (Å²) in [7, 11) is 1.52. The van der Waals surface area contributed by atoms with Crippen molar-refractivity contribution in [2.24, 2.45) is 5.92 Å². The van der Waals surface area contributed by atoms with Crippen LogP contribution < -0.4 is 4.74 Å². The molecule has 2 nitrogen and oxygen atoms in total. The van der Waals surface area contributed by atoms with Gasteiger partial charge in [0.1, 0.15) is 5.75 Å². The molecule has 2 rings (SSSR count). The lowest BCUT2D eigenvalue weighted by atomic mass is 10.1. The van der Waals surface area contributed by atoms with E-state index in [0.29, 0.717) is 33.7 Å². The van der Waals surface area contributed by atoms with Crippen LogP contribution in [0, 0.1) is 5.92 Å². The zero-order chi connectivity index (χ0) is 11.7. The number of ether oxygens (including phenoxy) is 1. The number of Topliss-reactive ketones (excluding diaryl/α,β-unsaturated/α-hetero) is 1. The molecule has 0 bridgehead atoms. The predicted molar refractivity (Wildman–Crippen MR) is 64.7 cm³/mol. The molecule has 0 unspecified atom stereocenters. The summed E-state index contributed by atoms with van der Waals surface area (Å²) in [6.07, 6.45) is 2.86. The van der Waals surface area contributed by atoms with Crippen LogP contribution in [-0.4, -0.2) is 12.9 Å². The second kappa shape index (κ2) is 4.64. The number of methoxy groups -OCH3 is 1. The summed E-state index contributed by atoms with van der Waals surface area (Å²) in [5.41, 5.74) is 0.499. The molecule has 0 aliphatic heterocycles. The molecular weight excluding hydrogens is 247 g/mol. The molecular formula is C12H12Cl2O2. The van der Waals surface area contributed by atoms with Crippen LogP contribution in [-0.2, 0) is 0 Å². The molecule has 0 N–H and O–H groups in total. The highest BCUT2D eigenvalue weighted by Gasteiger charge is 2.26. The summed E-state index contributed by atoms with van der Waals surface area (Å²) in [6.45, 7) is 0. The fourth-order valence-corrected chi connectivity index (χ4v) is 2.09. The minimum atomic E-state index is 0.0667. The molecule has 0 radical (unpaired) electrons. The summed E-state index contributed by atoms with van der Waals surface area (Å²) in [6, 6.07) is 3.18. The Morgan fingerprint density at radius 3 is 2.62 bits per heavy atom. The highest BCUT2D eigenvalue weighted by molar-refractivity contribution is 6.36.